The van der Waals surface area contributed by atoms with Crippen LogP contribution in [0, 0.1) is 11.8 Å². The fraction of sp³-hybridized carbons (Fsp3) is 0.500. The largest absolute Gasteiger partial charge is 0.480 e. The maximum Gasteiger partial charge on any atom is 0.326 e. The molecule has 0 radical (unpaired) electrons. The molecular formula is C16H22N2O3. The lowest BCUT2D eigenvalue weighted by molar-refractivity contribution is -0.142. The van der Waals surface area contributed by atoms with Gasteiger partial charge in [-0.05, 0) is 30.9 Å². The van der Waals surface area contributed by atoms with E-state index >= 15 is 0 Å². The molecule has 21 heavy (non-hydrogen) atoms. The zero-order valence-corrected chi connectivity index (χ0v) is 12.2. The Balaban J connectivity index is 1.90. The van der Waals surface area contributed by atoms with Gasteiger partial charge in [0.05, 0.1) is 5.92 Å². The summed E-state index contributed by atoms with van der Waals surface area (Å²) in [6.07, 6.45) is 1.04. The molecule has 1 heterocycles. The third-order valence-corrected chi connectivity index (χ3v) is 4.03. The minimum atomic E-state index is -0.974. The highest BCUT2D eigenvalue weighted by Crippen LogP contribution is 2.16. The van der Waals surface area contributed by atoms with Crippen LogP contribution in [-0.4, -0.2) is 36.1 Å². The lowest BCUT2D eigenvalue weighted by Gasteiger charge is -2.19. The van der Waals surface area contributed by atoms with Crippen LogP contribution < -0.4 is 10.6 Å². The van der Waals surface area contributed by atoms with Gasteiger partial charge in [0.25, 0.3) is 0 Å². The van der Waals surface area contributed by atoms with Crippen molar-refractivity contribution in [2.45, 2.75) is 25.8 Å². The van der Waals surface area contributed by atoms with E-state index in [1.54, 1.807) is 0 Å². The summed E-state index contributed by atoms with van der Waals surface area (Å²) in [4.78, 5) is 23.5. The van der Waals surface area contributed by atoms with Crippen molar-refractivity contribution in [2.24, 2.45) is 11.8 Å². The molecule has 1 aromatic carbocycles. The van der Waals surface area contributed by atoms with Crippen LogP contribution >= 0.6 is 0 Å². The molecule has 1 aliphatic heterocycles. The minimum Gasteiger partial charge on any atom is -0.480 e. The first-order chi connectivity index (χ1) is 10.1. The highest BCUT2D eigenvalue weighted by atomic mass is 16.4. The first kappa shape index (κ1) is 15.5. The van der Waals surface area contributed by atoms with Gasteiger partial charge in [-0.1, -0.05) is 37.3 Å². The van der Waals surface area contributed by atoms with Gasteiger partial charge in [-0.2, -0.15) is 0 Å². The lowest BCUT2D eigenvalue weighted by atomic mass is 9.96. The molecule has 0 saturated carbocycles. The number of benzene rings is 1. The second-order valence-corrected chi connectivity index (χ2v) is 5.67. The van der Waals surface area contributed by atoms with Crippen molar-refractivity contribution >= 4 is 11.9 Å². The maximum absolute atomic E-state index is 12.2. The van der Waals surface area contributed by atoms with Crippen LogP contribution in [0.2, 0.25) is 0 Å². The van der Waals surface area contributed by atoms with Crippen molar-refractivity contribution in [2.75, 3.05) is 13.1 Å². The molecule has 1 fully saturated rings. The Morgan fingerprint density at radius 1 is 1.33 bits per heavy atom. The molecule has 2 rings (SSSR count). The molecule has 114 valence electrons. The normalized spacial score (nSPS) is 22.7. The van der Waals surface area contributed by atoms with Gasteiger partial charge in [-0.25, -0.2) is 4.79 Å². The number of aliphatic carboxylic acids is 1. The van der Waals surface area contributed by atoms with Crippen LogP contribution in [0.5, 0.6) is 0 Å². The SMILES string of the molecule is C[C@@H]1CNC[C@H]1C(=O)NC(CCc1ccccc1)C(=O)O. The minimum absolute atomic E-state index is 0.136. The number of carboxylic acids is 1. The Hall–Kier alpha value is -1.88. The second kappa shape index (κ2) is 7.22. The summed E-state index contributed by atoms with van der Waals surface area (Å²) < 4.78 is 0. The monoisotopic (exact) mass is 290 g/mol. The summed E-state index contributed by atoms with van der Waals surface area (Å²) in [5, 5.41) is 15.1. The second-order valence-electron chi connectivity index (χ2n) is 5.67. The Kier molecular flexibility index (Phi) is 5.33. The molecule has 3 atom stereocenters. The number of amides is 1. The molecule has 1 unspecified atom stereocenters. The predicted octanol–water partition coefficient (Wildman–Crippen LogP) is 1.04. The molecule has 5 nitrogen and oxygen atoms in total. The third kappa shape index (κ3) is 4.29. The summed E-state index contributed by atoms with van der Waals surface area (Å²) >= 11 is 0. The van der Waals surface area contributed by atoms with Crippen LogP contribution in [0.3, 0.4) is 0 Å². The van der Waals surface area contributed by atoms with E-state index in [1.807, 2.05) is 37.3 Å². The molecule has 1 saturated heterocycles. The molecular weight excluding hydrogens is 268 g/mol. The van der Waals surface area contributed by atoms with Crippen LogP contribution in [0.1, 0.15) is 18.9 Å². The Labute approximate surface area is 124 Å². The van der Waals surface area contributed by atoms with Crippen molar-refractivity contribution < 1.29 is 14.7 Å². The van der Waals surface area contributed by atoms with Crippen molar-refractivity contribution in [1.29, 1.82) is 0 Å². The van der Waals surface area contributed by atoms with E-state index in [0.717, 1.165) is 12.1 Å². The van der Waals surface area contributed by atoms with Crippen molar-refractivity contribution in [3.63, 3.8) is 0 Å². The van der Waals surface area contributed by atoms with E-state index < -0.39 is 12.0 Å². The summed E-state index contributed by atoms with van der Waals surface area (Å²) in [6, 6.07) is 8.87. The van der Waals surface area contributed by atoms with Gasteiger partial charge in [-0.15, -0.1) is 0 Å². The van der Waals surface area contributed by atoms with Gasteiger partial charge < -0.3 is 15.7 Å². The smallest absolute Gasteiger partial charge is 0.326 e. The molecule has 0 aromatic heterocycles. The molecule has 5 heteroatoms. The van der Waals surface area contributed by atoms with Crippen molar-refractivity contribution in [3.8, 4) is 0 Å². The summed E-state index contributed by atoms with van der Waals surface area (Å²) in [5.74, 6) is -1.03. The van der Waals surface area contributed by atoms with Gasteiger partial charge in [0.1, 0.15) is 6.04 Å². The summed E-state index contributed by atoms with van der Waals surface area (Å²) in [6.45, 7) is 3.43. The van der Waals surface area contributed by atoms with E-state index in [-0.39, 0.29) is 17.7 Å². The summed E-state index contributed by atoms with van der Waals surface area (Å²) in [5.41, 5.74) is 1.08. The summed E-state index contributed by atoms with van der Waals surface area (Å²) in [7, 11) is 0. The zero-order valence-electron chi connectivity index (χ0n) is 12.2. The van der Waals surface area contributed by atoms with Gasteiger partial charge in [-0.3, -0.25) is 4.79 Å². The highest BCUT2D eigenvalue weighted by Gasteiger charge is 2.31. The van der Waals surface area contributed by atoms with E-state index in [2.05, 4.69) is 10.6 Å². The average Bonchev–Trinajstić information content (AvgIpc) is 2.90. The van der Waals surface area contributed by atoms with Crippen LogP contribution in [0.4, 0.5) is 0 Å². The fourth-order valence-electron chi connectivity index (χ4n) is 2.65. The predicted molar refractivity (Wildman–Crippen MR) is 79.9 cm³/mol. The van der Waals surface area contributed by atoms with E-state index in [1.165, 1.54) is 0 Å². The van der Waals surface area contributed by atoms with Crippen LogP contribution in [0.15, 0.2) is 30.3 Å². The van der Waals surface area contributed by atoms with Crippen LogP contribution in [-0.2, 0) is 16.0 Å². The number of carbonyl (C=O) groups excluding carboxylic acids is 1. The Morgan fingerprint density at radius 3 is 2.62 bits per heavy atom. The molecule has 0 aliphatic carbocycles. The molecule has 1 aromatic rings. The van der Waals surface area contributed by atoms with Gasteiger partial charge in [0.15, 0.2) is 0 Å². The van der Waals surface area contributed by atoms with Crippen LogP contribution in [0.25, 0.3) is 0 Å². The number of hydrogen-bond acceptors (Lipinski definition) is 3. The molecule has 1 aliphatic rings. The quantitative estimate of drug-likeness (QED) is 0.731. The van der Waals surface area contributed by atoms with Gasteiger partial charge in [0, 0.05) is 6.54 Å². The topological polar surface area (TPSA) is 78.4 Å². The maximum atomic E-state index is 12.2. The third-order valence-electron chi connectivity index (χ3n) is 4.03. The highest BCUT2D eigenvalue weighted by molar-refractivity contribution is 5.85. The van der Waals surface area contributed by atoms with Crippen molar-refractivity contribution in [3.05, 3.63) is 35.9 Å². The van der Waals surface area contributed by atoms with E-state index in [0.29, 0.717) is 19.4 Å². The molecule has 1 amide bonds. The zero-order chi connectivity index (χ0) is 15.2. The Morgan fingerprint density at radius 2 is 2.05 bits per heavy atom. The number of carboxylic acid groups (broad SMARTS) is 1. The standard InChI is InChI=1S/C16H22N2O3/c1-11-9-17-10-13(11)15(19)18-14(16(20)21)8-7-12-5-3-2-4-6-12/h2-6,11,13-14,17H,7-10H2,1H3,(H,18,19)(H,20,21)/t11-,13-,14?/m1/s1. The Bertz CT molecular complexity index is 490. The fourth-order valence-corrected chi connectivity index (χ4v) is 2.65. The van der Waals surface area contributed by atoms with Crippen molar-refractivity contribution in [1.82, 2.24) is 10.6 Å². The first-order valence-corrected chi connectivity index (χ1v) is 7.35. The average molecular weight is 290 g/mol. The van der Waals surface area contributed by atoms with E-state index in [4.69, 9.17) is 0 Å². The lowest BCUT2D eigenvalue weighted by Crippen LogP contribution is -2.45. The molecule has 3 N–H and O–H groups in total. The molecule has 0 bridgehead atoms. The number of hydrogen-bond donors (Lipinski definition) is 3. The van der Waals surface area contributed by atoms with Gasteiger partial charge in [0.2, 0.25) is 5.91 Å². The number of aryl methyl sites for hydroxylation is 1. The van der Waals surface area contributed by atoms with E-state index in [9.17, 15) is 14.7 Å². The number of rotatable bonds is 6. The molecule has 0 spiro atoms. The first-order valence-electron chi connectivity index (χ1n) is 7.35. The van der Waals surface area contributed by atoms with Gasteiger partial charge >= 0.3 is 5.97 Å². The number of nitrogens with one attached hydrogen (secondary N) is 2. The number of carbonyl (C=O) groups is 2.